The van der Waals surface area contributed by atoms with E-state index < -0.39 is 0 Å². The van der Waals surface area contributed by atoms with Crippen molar-refractivity contribution in [1.82, 2.24) is 19.7 Å². The van der Waals surface area contributed by atoms with Gasteiger partial charge in [0.1, 0.15) is 12.7 Å². The number of likely N-dealkylation sites (tertiary alicyclic amines) is 1. The molecular formula is C20H27N5O2. The molecule has 1 aliphatic heterocycles. The van der Waals surface area contributed by atoms with Crippen LogP contribution in [0.4, 0.5) is 5.69 Å². The maximum absolute atomic E-state index is 12.5. The van der Waals surface area contributed by atoms with E-state index in [1.807, 2.05) is 49.9 Å². The van der Waals surface area contributed by atoms with Crippen LogP contribution >= 0.6 is 0 Å². The minimum atomic E-state index is -0.372. The van der Waals surface area contributed by atoms with E-state index in [0.717, 1.165) is 11.3 Å². The number of anilines is 1. The molecule has 2 heterocycles. The average molecular weight is 369 g/mol. The van der Waals surface area contributed by atoms with Crippen molar-refractivity contribution in [2.75, 3.05) is 18.4 Å². The van der Waals surface area contributed by atoms with Gasteiger partial charge in [-0.25, -0.2) is 9.67 Å². The van der Waals surface area contributed by atoms with Crippen LogP contribution in [0, 0.1) is 11.3 Å². The molecule has 0 atom stereocenters. The first-order chi connectivity index (χ1) is 12.8. The Morgan fingerprint density at radius 2 is 1.81 bits per heavy atom. The highest BCUT2D eigenvalue weighted by atomic mass is 16.2. The van der Waals surface area contributed by atoms with E-state index >= 15 is 0 Å². The van der Waals surface area contributed by atoms with Crippen molar-refractivity contribution in [3.63, 3.8) is 0 Å². The van der Waals surface area contributed by atoms with Gasteiger partial charge in [-0.3, -0.25) is 9.59 Å². The minimum Gasteiger partial charge on any atom is -0.342 e. The maximum Gasteiger partial charge on any atom is 0.227 e. The number of piperidine rings is 1. The fourth-order valence-corrected chi connectivity index (χ4v) is 3.26. The molecule has 1 aromatic carbocycles. The SMILES string of the molecule is CC(C)(C)C(=O)N1CCC(C(=O)Nc2ccc(Cn3cncn3)cc2)CC1. The van der Waals surface area contributed by atoms with E-state index in [4.69, 9.17) is 0 Å². The molecule has 0 radical (unpaired) electrons. The van der Waals surface area contributed by atoms with Gasteiger partial charge in [0, 0.05) is 30.1 Å². The van der Waals surface area contributed by atoms with Gasteiger partial charge in [-0.05, 0) is 30.5 Å². The van der Waals surface area contributed by atoms with Gasteiger partial charge < -0.3 is 10.2 Å². The standard InChI is InChI=1S/C20H27N5O2/c1-20(2,3)19(27)24-10-8-16(9-11-24)18(26)23-17-6-4-15(5-7-17)12-25-14-21-13-22-25/h4-7,13-14,16H,8-12H2,1-3H3,(H,23,26). The van der Waals surface area contributed by atoms with Crippen LogP contribution in [0.15, 0.2) is 36.9 Å². The monoisotopic (exact) mass is 369 g/mol. The summed E-state index contributed by atoms with van der Waals surface area (Å²) in [5, 5.41) is 7.08. The molecule has 0 bridgehead atoms. The van der Waals surface area contributed by atoms with Crippen molar-refractivity contribution in [3.05, 3.63) is 42.5 Å². The molecule has 2 amide bonds. The van der Waals surface area contributed by atoms with Gasteiger partial charge in [-0.2, -0.15) is 5.10 Å². The maximum atomic E-state index is 12.5. The zero-order valence-corrected chi connectivity index (χ0v) is 16.2. The summed E-state index contributed by atoms with van der Waals surface area (Å²) >= 11 is 0. The average Bonchev–Trinajstić information content (AvgIpc) is 3.15. The molecule has 0 unspecified atom stereocenters. The van der Waals surface area contributed by atoms with Gasteiger partial charge in [0.15, 0.2) is 0 Å². The number of carbonyl (C=O) groups excluding carboxylic acids is 2. The number of rotatable bonds is 4. The first-order valence-corrected chi connectivity index (χ1v) is 9.34. The van der Waals surface area contributed by atoms with Crippen LogP contribution in [0.3, 0.4) is 0 Å². The molecule has 0 aliphatic carbocycles. The Bertz CT molecular complexity index is 770. The first-order valence-electron chi connectivity index (χ1n) is 9.34. The first kappa shape index (κ1) is 19.1. The molecule has 2 aromatic rings. The predicted molar refractivity (Wildman–Crippen MR) is 103 cm³/mol. The third kappa shape index (κ3) is 4.93. The second-order valence-electron chi connectivity index (χ2n) is 8.10. The van der Waals surface area contributed by atoms with Gasteiger partial charge in [0.2, 0.25) is 11.8 Å². The highest BCUT2D eigenvalue weighted by Crippen LogP contribution is 2.24. The summed E-state index contributed by atoms with van der Waals surface area (Å²) in [5.74, 6) is 0.134. The van der Waals surface area contributed by atoms with Crippen molar-refractivity contribution in [2.24, 2.45) is 11.3 Å². The summed E-state index contributed by atoms with van der Waals surface area (Å²) in [4.78, 5) is 30.7. The van der Waals surface area contributed by atoms with Gasteiger partial charge in [0.25, 0.3) is 0 Å². The predicted octanol–water partition coefficient (Wildman–Crippen LogP) is 2.55. The van der Waals surface area contributed by atoms with Crippen LogP contribution in [0.25, 0.3) is 0 Å². The van der Waals surface area contributed by atoms with Crippen molar-refractivity contribution in [2.45, 2.75) is 40.2 Å². The normalized spacial score (nSPS) is 15.6. The lowest BCUT2D eigenvalue weighted by Crippen LogP contribution is -2.45. The molecule has 0 saturated carbocycles. The molecule has 1 aromatic heterocycles. The molecule has 1 aliphatic rings. The summed E-state index contributed by atoms with van der Waals surface area (Å²) in [7, 11) is 0. The molecule has 1 saturated heterocycles. The quantitative estimate of drug-likeness (QED) is 0.898. The van der Waals surface area contributed by atoms with Crippen molar-refractivity contribution >= 4 is 17.5 Å². The Morgan fingerprint density at radius 3 is 2.37 bits per heavy atom. The Hall–Kier alpha value is -2.70. The van der Waals surface area contributed by atoms with Crippen LogP contribution < -0.4 is 5.32 Å². The number of benzene rings is 1. The van der Waals surface area contributed by atoms with Gasteiger partial charge in [-0.1, -0.05) is 32.9 Å². The van der Waals surface area contributed by atoms with Crippen LogP contribution in [0.5, 0.6) is 0 Å². The number of nitrogens with one attached hydrogen (secondary N) is 1. The van der Waals surface area contributed by atoms with Crippen LogP contribution in [0.2, 0.25) is 0 Å². The third-order valence-corrected chi connectivity index (χ3v) is 4.83. The van der Waals surface area contributed by atoms with Crippen LogP contribution in [0.1, 0.15) is 39.2 Å². The Morgan fingerprint density at radius 1 is 1.15 bits per heavy atom. The fourth-order valence-electron chi connectivity index (χ4n) is 3.26. The minimum absolute atomic E-state index is 0.0295. The number of amides is 2. The summed E-state index contributed by atoms with van der Waals surface area (Å²) < 4.78 is 1.75. The molecule has 1 N–H and O–H groups in total. The molecule has 7 nitrogen and oxygen atoms in total. The second kappa shape index (κ2) is 7.90. The Labute approximate surface area is 159 Å². The number of carbonyl (C=O) groups is 2. The molecule has 1 fully saturated rings. The lowest BCUT2D eigenvalue weighted by Gasteiger charge is -2.35. The zero-order valence-electron chi connectivity index (χ0n) is 16.2. The smallest absolute Gasteiger partial charge is 0.227 e. The number of hydrogen-bond donors (Lipinski definition) is 1. The number of aromatic nitrogens is 3. The van der Waals surface area contributed by atoms with Crippen molar-refractivity contribution in [3.8, 4) is 0 Å². The highest BCUT2D eigenvalue weighted by Gasteiger charge is 2.32. The van der Waals surface area contributed by atoms with Gasteiger partial charge in [-0.15, -0.1) is 0 Å². The van der Waals surface area contributed by atoms with E-state index in [1.165, 1.54) is 6.33 Å². The molecule has 0 spiro atoms. The molecular weight excluding hydrogens is 342 g/mol. The number of nitrogens with zero attached hydrogens (tertiary/aromatic N) is 4. The second-order valence-corrected chi connectivity index (χ2v) is 8.10. The van der Waals surface area contributed by atoms with E-state index in [-0.39, 0.29) is 23.1 Å². The molecule has 27 heavy (non-hydrogen) atoms. The van der Waals surface area contributed by atoms with E-state index in [1.54, 1.807) is 11.0 Å². The zero-order chi connectivity index (χ0) is 19.4. The summed E-state index contributed by atoms with van der Waals surface area (Å²) in [6.07, 6.45) is 4.59. The van der Waals surface area contributed by atoms with Crippen molar-refractivity contribution < 1.29 is 9.59 Å². The van der Waals surface area contributed by atoms with Crippen LogP contribution in [-0.4, -0.2) is 44.6 Å². The van der Waals surface area contributed by atoms with E-state index in [0.29, 0.717) is 32.5 Å². The van der Waals surface area contributed by atoms with Gasteiger partial charge >= 0.3 is 0 Å². The molecule has 144 valence electrons. The lowest BCUT2D eigenvalue weighted by molar-refractivity contribution is -0.142. The lowest BCUT2D eigenvalue weighted by atomic mass is 9.90. The van der Waals surface area contributed by atoms with Gasteiger partial charge in [0.05, 0.1) is 6.54 Å². The molecule has 3 rings (SSSR count). The Kier molecular flexibility index (Phi) is 5.58. The largest absolute Gasteiger partial charge is 0.342 e. The van der Waals surface area contributed by atoms with Crippen LogP contribution in [-0.2, 0) is 16.1 Å². The summed E-state index contributed by atoms with van der Waals surface area (Å²) in [6.45, 7) is 7.73. The van der Waals surface area contributed by atoms with Crippen molar-refractivity contribution in [1.29, 1.82) is 0 Å². The van der Waals surface area contributed by atoms with E-state index in [2.05, 4.69) is 15.4 Å². The van der Waals surface area contributed by atoms with E-state index in [9.17, 15) is 9.59 Å². The highest BCUT2D eigenvalue weighted by molar-refractivity contribution is 5.92. The number of hydrogen-bond acceptors (Lipinski definition) is 4. The summed E-state index contributed by atoms with van der Waals surface area (Å²) in [6, 6.07) is 7.76. The molecule has 7 heteroatoms. The fraction of sp³-hybridized carbons (Fsp3) is 0.500. The third-order valence-electron chi connectivity index (χ3n) is 4.83. The summed E-state index contributed by atoms with van der Waals surface area (Å²) in [5.41, 5.74) is 1.51. The Balaban J connectivity index is 1.50. The topological polar surface area (TPSA) is 80.1 Å².